The number of aromatic nitrogens is 1. The third-order valence-corrected chi connectivity index (χ3v) is 5.58. The van der Waals surface area contributed by atoms with E-state index in [0.29, 0.717) is 6.04 Å². The van der Waals surface area contributed by atoms with Gasteiger partial charge in [-0.1, -0.05) is 43.7 Å². The number of nitrogens with zero attached hydrogens (tertiary/aromatic N) is 1. The van der Waals surface area contributed by atoms with E-state index in [2.05, 4.69) is 73.1 Å². The molecule has 1 aromatic carbocycles. The van der Waals surface area contributed by atoms with Gasteiger partial charge < -0.3 is 4.98 Å². The smallest absolute Gasteiger partial charge is 0.0456 e. The lowest BCUT2D eigenvalue weighted by atomic mass is 9.82. The van der Waals surface area contributed by atoms with Crippen molar-refractivity contribution in [2.75, 3.05) is 13.1 Å². The first-order valence-corrected chi connectivity index (χ1v) is 9.14. The van der Waals surface area contributed by atoms with Crippen molar-refractivity contribution in [3.63, 3.8) is 0 Å². The fraction of sp³-hybridized carbons (Fsp3) is 0.524. The van der Waals surface area contributed by atoms with Gasteiger partial charge in [-0.25, -0.2) is 0 Å². The Morgan fingerprint density at radius 2 is 2.13 bits per heavy atom. The van der Waals surface area contributed by atoms with Crippen LogP contribution < -0.4 is 0 Å². The van der Waals surface area contributed by atoms with E-state index in [1.807, 2.05) is 0 Å². The minimum atomic E-state index is 0.700. The summed E-state index contributed by atoms with van der Waals surface area (Å²) in [7, 11) is 0. The van der Waals surface area contributed by atoms with E-state index in [0.717, 1.165) is 24.8 Å². The van der Waals surface area contributed by atoms with Crippen LogP contribution in [-0.4, -0.2) is 29.0 Å². The molecule has 0 bridgehead atoms. The molecule has 124 valence electrons. The highest BCUT2D eigenvalue weighted by Gasteiger charge is 2.30. The Morgan fingerprint density at radius 3 is 2.87 bits per heavy atom. The molecule has 2 aromatic rings. The van der Waals surface area contributed by atoms with E-state index < -0.39 is 0 Å². The summed E-state index contributed by atoms with van der Waals surface area (Å²) >= 11 is 0. The van der Waals surface area contributed by atoms with Crippen LogP contribution in [0.2, 0.25) is 0 Å². The number of hydrogen-bond acceptors (Lipinski definition) is 1. The van der Waals surface area contributed by atoms with Crippen molar-refractivity contribution in [1.82, 2.24) is 9.88 Å². The van der Waals surface area contributed by atoms with Gasteiger partial charge in [0.1, 0.15) is 0 Å². The van der Waals surface area contributed by atoms with Crippen LogP contribution in [0.3, 0.4) is 0 Å². The number of nitrogens with one attached hydrogen (secondary N) is 1. The zero-order valence-corrected chi connectivity index (χ0v) is 14.8. The molecule has 0 saturated carbocycles. The zero-order valence-electron chi connectivity index (χ0n) is 14.8. The molecule has 0 amide bonds. The van der Waals surface area contributed by atoms with Crippen LogP contribution in [0.5, 0.6) is 0 Å². The third-order valence-electron chi connectivity index (χ3n) is 5.58. The summed E-state index contributed by atoms with van der Waals surface area (Å²) < 4.78 is 0. The lowest BCUT2D eigenvalue weighted by Crippen LogP contribution is -2.47. The van der Waals surface area contributed by atoms with Crippen molar-refractivity contribution >= 4 is 10.9 Å². The molecule has 23 heavy (non-hydrogen) atoms. The van der Waals surface area contributed by atoms with Crippen LogP contribution in [0.4, 0.5) is 0 Å². The molecule has 3 atom stereocenters. The van der Waals surface area contributed by atoms with Gasteiger partial charge in [-0.3, -0.25) is 4.90 Å². The third kappa shape index (κ3) is 3.69. The van der Waals surface area contributed by atoms with E-state index in [1.165, 1.54) is 36.0 Å². The van der Waals surface area contributed by atoms with Gasteiger partial charge in [0.05, 0.1) is 0 Å². The lowest BCUT2D eigenvalue weighted by molar-refractivity contribution is 0.0793. The van der Waals surface area contributed by atoms with Gasteiger partial charge in [0.25, 0.3) is 0 Å². The monoisotopic (exact) mass is 310 g/mol. The number of likely N-dealkylation sites (tertiary alicyclic amines) is 1. The van der Waals surface area contributed by atoms with Crippen LogP contribution in [0, 0.1) is 11.8 Å². The van der Waals surface area contributed by atoms with Gasteiger partial charge in [0, 0.05) is 36.8 Å². The SMILES string of the molecule is C/C=C\C1CC(CC)C(C)N(CCc2cc3ccccc3[nH]2)C1. The molecular weight excluding hydrogens is 280 g/mol. The highest BCUT2D eigenvalue weighted by Crippen LogP contribution is 2.30. The average molecular weight is 310 g/mol. The van der Waals surface area contributed by atoms with Gasteiger partial charge in [-0.2, -0.15) is 0 Å². The molecule has 1 fully saturated rings. The molecular formula is C21H30N2. The summed E-state index contributed by atoms with van der Waals surface area (Å²) in [5.74, 6) is 1.55. The summed E-state index contributed by atoms with van der Waals surface area (Å²) in [6.07, 6.45) is 8.38. The van der Waals surface area contributed by atoms with Gasteiger partial charge in [-0.05, 0) is 49.6 Å². The van der Waals surface area contributed by atoms with Gasteiger partial charge in [0.2, 0.25) is 0 Å². The Balaban J connectivity index is 1.67. The van der Waals surface area contributed by atoms with Crippen molar-refractivity contribution in [1.29, 1.82) is 0 Å². The Kier molecular flexibility index (Phi) is 5.22. The molecule has 1 saturated heterocycles. The first-order chi connectivity index (χ1) is 11.2. The molecule has 0 spiro atoms. The minimum absolute atomic E-state index is 0.700. The molecule has 0 aliphatic carbocycles. The van der Waals surface area contributed by atoms with Crippen LogP contribution in [0.1, 0.15) is 39.3 Å². The molecule has 0 radical (unpaired) electrons. The van der Waals surface area contributed by atoms with Crippen molar-refractivity contribution < 1.29 is 0 Å². The standard InChI is InChI=1S/C21H30N2/c1-4-8-17-13-18(5-2)16(3)23(15-17)12-11-20-14-19-9-6-7-10-21(19)22-20/h4,6-10,14,16-18,22H,5,11-13,15H2,1-3H3/b8-4-. The molecule has 2 heterocycles. The Hall–Kier alpha value is -1.54. The number of fused-ring (bicyclic) bond motifs is 1. The van der Waals surface area contributed by atoms with Crippen molar-refractivity contribution in [3.8, 4) is 0 Å². The summed E-state index contributed by atoms with van der Waals surface area (Å²) in [6.45, 7) is 9.27. The van der Waals surface area contributed by atoms with Crippen LogP contribution in [0.15, 0.2) is 42.5 Å². The summed E-state index contributed by atoms with van der Waals surface area (Å²) in [5, 5.41) is 1.33. The van der Waals surface area contributed by atoms with Crippen molar-refractivity contribution in [2.45, 2.75) is 46.1 Å². The Bertz CT molecular complexity index is 622. The second-order valence-corrected chi connectivity index (χ2v) is 7.06. The fourth-order valence-electron chi connectivity index (χ4n) is 4.17. The number of piperidine rings is 1. The maximum absolute atomic E-state index is 3.57. The number of hydrogen-bond donors (Lipinski definition) is 1. The predicted molar refractivity (Wildman–Crippen MR) is 99.7 cm³/mol. The van der Waals surface area contributed by atoms with E-state index in [4.69, 9.17) is 0 Å². The molecule has 2 heteroatoms. The lowest BCUT2D eigenvalue weighted by Gasteiger charge is -2.42. The van der Waals surface area contributed by atoms with Crippen LogP contribution in [0.25, 0.3) is 10.9 Å². The largest absolute Gasteiger partial charge is 0.358 e. The number of aromatic amines is 1. The first kappa shape index (κ1) is 16.3. The maximum Gasteiger partial charge on any atom is 0.0456 e. The average Bonchev–Trinajstić information content (AvgIpc) is 2.98. The van der Waals surface area contributed by atoms with Gasteiger partial charge in [-0.15, -0.1) is 0 Å². The van der Waals surface area contributed by atoms with Crippen molar-refractivity contribution in [3.05, 3.63) is 48.2 Å². The number of rotatable bonds is 5. The highest BCUT2D eigenvalue weighted by molar-refractivity contribution is 5.80. The molecule has 1 aliphatic rings. The molecule has 1 aliphatic heterocycles. The quantitative estimate of drug-likeness (QED) is 0.768. The predicted octanol–water partition coefficient (Wildman–Crippen LogP) is 5.02. The highest BCUT2D eigenvalue weighted by atomic mass is 15.2. The van der Waals surface area contributed by atoms with Crippen LogP contribution in [-0.2, 0) is 6.42 Å². The first-order valence-electron chi connectivity index (χ1n) is 9.14. The van der Waals surface area contributed by atoms with Gasteiger partial charge in [0.15, 0.2) is 0 Å². The molecule has 2 nitrogen and oxygen atoms in total. The second-order valence-electron chi connectivity index (χ2n) is 7.06. The van der Waals surface area contributed by atoms with Gasteiger partial charge >= 0.3 is 0 Å². The number of H-pyrrole nitrogens is 1. The fourth-order valence-corrected chi connectivity index (χ4v) is 4.17. The normalized spacial score (nSPS) is 26.3. The van der Waals surface area contributed by atoms with E-state index in [1.54, 1.807) is 0 Å². The molecule has 1 aromatic heterocycles. The van der Waals surface area contributed by atoms with E-state index >= 15 is 0 Å². The molecule has 3 rings (SSSR count). The number of para-hydroxylation sites is 1. The number of benzene rings is 1. The summed E-state index contributed by atoms with van der Waals surface area (Å²) in [4.78, 5) is 6.27. The second kappa shape index (κ2) is 7.35. The molecule has 3 unspecified atom stereocenters. The summed E-state index contributed by atoms with van der Waals surface area (Å²) in [5.41, 5.74) is 2.62. The zero-order chi connectivity index (χ0) is 16.2. The van der Waals surface area contributed by atoms with Crippen molar-refractivity contribution in [2.24, 2.45) is 11.8 Å². The van der Waals surface area contributed by atoms with E-state index in [9.17, 15) is 0 Å². The topological polar surface area (TPSA) is 19.0 Å². The minimum Gasteiger partial charge on any atom is -0.358 e. The Morgan fingerprint density at radius 1 is 1.30 bits per heavy atom. The van der Waals surface area contributed by atoms with Crippen LogP contribution >= 0.6 is 0 Å². The molecule has 1 N–H and O–H groups in total. The summed E-state index contributed by atoms with van der Waals surface area (Å²) in [6, 6.07) is 11.6. The Labute approximate surface area is 140 Å². The van der Waals surface area contributed by atoms with E-state index in [-0.39, 0.29) is 0 Å². The maximum atomic E-state index is 3.57. The number of allylic oxidation sites excluding steroid dienone is 1.